The van der Waals surface area contributed by atoms with Gasteiger partial charge in [0.15, 0.2) is 0 Å². The van der Waals surface area contributed by atoms with Crippen LogP contribution in [0.3, 0.4) is 0 Å². The van der Waals surface area contributed by atoms with E-state index >= 15 is 0 Å². The third kappa shape index (κ3) is 4.15. The molecule has 0 aliphatic carbocycles. The van der Waals surface area contributed by atoms with Crippen LogP contribution in [0.5, 0.6) is 5.75 Å². The second-order valence-electron chi connectivity index (χ2n) is 5.29. The summed E-state index contributed by atoms with van der Waals surface area (Å²) in [5, 5.41) is 15.1. The van der Waals surface area contributed by atoms with Crippen molar-refractivity contribution in [2.24, 2.45) is 11.1 Å². The van der Waals surface area contributed by atoms with Gasteiger partial charge in [0, 0.05) is 31.0 Å². The molecule has 1 fully saturated rings. The van der Waals surface area contributed by atoms with Crippen LogP contribution < -0.4 is 4.84 Å². The zero-order valence-corrected chi connectivity index (χ0v) is 13.2. The summed E-state index contributed by atoms with van der Waals surface area (Å²) in [6.07, 6.45) is 0.818. The van der Waals surface area contributed by atoms with E-state index in [4.69, 9.17) is 4.84 Å². The van der Waals surface area contributed by atoms with Crippen LogP contribution in [0.15, 0.2) is 29.4 Å². The van der Waals surface area contributed by atoms with Gasteiger partial charge in [-0.1, -0.05) is 24.2 Å². The van der Waals surface area contributed by atoms with E-state index in [2.05, 4.69) is 31.0 Å². The Morgan fingerprint density at radius 3 is 2.71 bits per heavy atom. The SMILES string of the molecule is CC1CN(C)C(C)CC1=NOc1ccccc1[N+](=O)[O-].Cl. The van der Waals surface area contributed by atoms with Crippen molar-refractivity contribution in [2.45, 2.75) is 26.3 Å². The molecule has 0 bridgehead atoms. The molecule has 0 N–H and O–H groups in total. The summed E-state index contributed by atoms with van der Waals surface area (Å²) >= 11 is 0. The first-order valence-corrected chi connectivity index (χ1v) is 6.66. The number of rotatable bonds is 3. The van der Waals surface area contributed by atoms with Gasteiger partial charge in [-0.25, -0.2) is 0 Å². The first-order chi connectivity index (χ1) is 9.49. The molecule has 0 radical (unpaired) electrons. The van der Waals surface area contributed by atoms with Crippen molar-refractivity contribution >= 4 is 23.8 Å². The molecule has 0 saturated carbocycles. The van der Waals surface area contributed by atoms with E-state index in [-0.39, 0.29) is 23.8 Å². The van der Waals surface area contributed by atoms with Crippen molar-refractivity contribution in [1.82, 2.24) is 4.90 Å². The maximum atomic E-state index is 10.9. The van der Waals surface area contributed by atoms with E-state index in [1.165, 1.54) is 6.07 Å². The first-order valence-electron chi connectivity index (χ1n) is 6.66. The molecule has 0 aromatic heterocycles. The molecule has 116 valence electrons. The minimum Gasteiger partial charge on any atom is -0.350 e. The maximum Gasteiger partial charge on any atom is 0.314 e. The fourth-order valence-electron chi connectivity index (χ4n) is 2.30. The first kappa shape index (κ1) is 17.4. The number of benzene rings is 1. The summed E-state index contributed by atoms with van der Waals surface area (Å²) in [5.41, 5.74) is 0.888. The molecular weight excluding hydrogens is 294 g/mol. The molecule has 1 aliphatic rings. The lowest BCUT2D eigenvalue weighted by Gasteiger charge is -2.34. The molecule has 7 heteroatoms. The highest BCUT2D eigenvalue weighted by atomic mass is 35.5. The summed E-state index contributed by atoms with van der Waals surface area (Å²) in [5.74, 6) is 0.475. The molecule has 0 spiro atoms. The van der Waals surface area contributed by atoms with Gasteiger partial charge >= 0.3 is 5.69 Å². The number of nitrogens with zero attached hydrogens (tertiary/aromatic N) is 3. The number of halogens is 1. The van der Waals surface area contributed by atoms with Gasteiger partial charge in [0.05, 0.1) is 10.6 Å². The van der Waals surface area contributed by atoms with Gasteiger partial charge in [-0.15, -0.1) is 12.4 Å². The van der Waals surface area contributed by atoms with E-state index < -0.39 is 4.92 Å². The highest BCUT2D eigenvalue weighted by molar-refractivity contribution is 5.87. The zero-order chi connectivity index (χ0) is 14.7. The smallest absolute Gasteiger partial charge is 0.314 e. The molecule has 2 rings (SSSR count). The monoisotopic (exact) mass is 313 g/mol. The van der Waals surface area contributed by atoms with Crippen molar-refractivity contribution in [3.63, 3.8) is 0 Å². The zero-order valence-electron chi connectivity index (χ0n) is 12.4. The van der Waals surface area contributed by atoms with Crippen LogP contribution in [0.2, 0.25) is 0 Å². The molecule has 0 amide bonds. The molecule has 6 nitrogen and oxygen atoms in total. The standard InChI is InChI=1S/C14H19N3O3.ClH/c1-10-9-16(3)11(2)8-12(10)15-20-14-7-5-4-6-13(14)17(18)19;/h4-7,10-11H,8-9H2,1-3H3;1H. The van der Waals surface area contributed by atoms with Crippen LogP contribution in [0.25, 0.3) is 0 Å². The van der Waals surface area contributed by atoms with Crippen LogP contribution in [-0.4, -0.2) is 35.2 Å². The molecule has 2 atom stereocenters. The van der Waals surface area contributed by atoms with E-state index in [1.54, 1.807) is 18.2 Å². The van der Waals surface area contributed by atoms with Crippen molar-refractivity contribution in [1.29, 1.82) is 0 Å². The van der Waals surface area contributed by atoms with Gasteiger partial charge in [-0.05, 0) is 20.0 Å². The number of nitro groups is 1. The van der Waals surface area contributed by atoms with Crippen LogP contribution in [-0.2, 0) is 0 Å². The Labute approximate surface area is 130 Å². The third-order valence-electron chi connectivity index (χ3n) is 3.71. The number of likely N-dealkylation sites (tertiary alicyclic amines) is 1. The van der Waals surface area contributed by atoms with Gasteiger partial charge in [0.25, 0.3) is 0 Å². The van der Waals surface area contributed by atoms with Gasteiger partial charge in [0.1, 0.15) is 0 Å². The second-order valence-corrected chi connectivity index (χ2v) is 5.29. The Morgan fingerprint density at radius 1 is 1.38 bits per heavy atom. The number of piperidine rings is 1. The lowest BCUT2D eigenvalue weighted by molar-refractivity contribution is -0.385. The second kappa shape index (κ2) is 7.38. The highest BCUT2D eigenvalue weighted by Gasteiger charge is 2.26. The Morgan fingerprint density at radius 2 is 2.05 bits per heavy atom. The Bertz CT molecular complexity index is 536. The third-order valence-corrected chi connectivity index (χ3v) is 3.71. The molecule has 1 heterocycles. The van der Waals surface area contributed by atoms with E-state index in [1.807, 2.05) is 0 Å². The molecule has 1 aromatic rings. The van der Waals surface area contributed by atoms with Crippen LogP contribution in [0.4, 0.5) is 5.69 Å². The van der Waals surface area contributed by atoms with Crippen molar-refractivity contribution in [3.8, 4) is 5.75 Å². The van der Waals surface area contributed by atoms with E-state index in [0.29, 0.717) is 12.0 Å². The van der Waals surface area contributed by atoms with Gasteiger partial charge < -0.3 is 9.74 Å². The van der Waals surface area contributed by atoms with Crippen molar-refractivity contribution in [3.05, 3.63) is 34.4 Å². The Balaban J connectivity index is 0.00000220. The van der Waals surface area contributed by atoms with Gasteiger partial charge in [-0.2, -0.15) is 0 Å². The number of para-hydroxylation sites is 2. The molecular formula is C14H20ClN3O3. The minimum absolute atomic E-state index is 0. The summed E-state index contributed by atoms with van der Waals surface area (Å²) in [7, 11) is 2.08. The minimum atomic E-state index is -0.462. The van der Waals surface area contributed by atoms with E-state index in [9.17, 15) is 10.1 Å². The molecule has 21 heavy (non-hydrogen) atoms. The molecule has 2 unspecified atom stereocenters. The van der Waals surface area contributed by atoms with Crippen molar-refractivity contribution < 1.29 is 9.76 Å². The topological polar surface area (TPSA) is 68.0 Å². The van der Waals surface area contributed by atoms with E-state index in [0.717, 1.165) is 18.7 Å². The fourth-order valence-corrected chi connectivity index (χ4v) is 2.30. The summed E-state index contributed by atoms with van der Waals surface area (Å²) in [6.45, 7) is 5.14. The number of hydrogen-bond acceptors (Lipinski definition) is 5. The number of nitro benzene ring substituents is 1. The van der Waals surface area contributed by atoms with Gasteiger partial charge in [-0.3, -0.25) is 10.1 Å². The lowest BCUT2D eigenvalue weighted by Crippen LogP contribution is -2.43. The summed E-state index contributed by atoms with van der Waals surface area (Å²) < 4.78 is 0. The summed E-state index contributed by atoms with van der Waals surface area (Å²) in [6, 6.07) is 6.68. The predicted molar refractivity (Wildman–Crippen MR) is 84.3 cm³/mol. The Hall–Kier alpha value is -1.66. The normalized spacial score (nSPS) is 24.4. The van der Waals surface area contributed by atoms with Crippen LogP contribution in [0, 0.1) is 16.0 Å². The number of hydrogen-bond donors (Lipinski definition) is 0. The lowest BCUT2D eigenvalue weighted by atomic mass is 9.93. The fraction of sp³-hybridized carbons (Fsp3) is 0.500. The van der Waals surface area contributed by atoms with Crippen LogP contribution >= 0.6 is 12.4 Å². The van der Waals surface area contributed by atoms with Crippen molar-refractivity contribution in [2.75, 3.05) is 13.6 Å². The molecule has 1 aliphatic heterocycles. The summed E-state index contributed by atoms with van der Waals surface area (Å²) in [4.78, 5) is 18.0. The average molecular weight is 314 g/mol. The Kier molecular flexibility index (Phi) is 6.11. The average Bonchev–Trinajstić information content (AvgIpc) is 2.41. The maximum absolute atomic E-state index is 10.9. The predicted octanol–water partition coefficient (Wildman–Crippen LogP) is 3.11. The molecule has 1 aromatic carbocycles. The van der Waals surface area contributed by atoms with Crippen LogP contribution in [0.1, 0.15) is 20.3 Å². The largest absolute Gasteiger partial charge is 0.350 e. The highest BCUT2D eigenvalue weighted by Crippen LogP contribution is 2.27. The number of oxime groups is 1. The quantitative estimate of drug-likeness (QED) is 0.635. The van der Waals surface area contributed by atoms with Gasteiger partial charge in [0.2, 0.25) is 5.75 Å². The molecule has 1 saturated heterocycles.